The van der Waals surface area contributed by atoms with E-state index in [2.05, 4.69) is 26.1 Å². The van der Waals surface area contributed by atoms with E-state index in [1.165, 1.54) is 32.8 Å². The van der Waals surface area contributed by atoms with Gasteiger partial charge < -0.3 is 10.2 Å². The van der Waals surface area contributed by atoms with Gasteiger partial charge in [0.2, 0.25) is 0 Å². The van der Waals surface area contributed by atoms with E-state index in [0.717, 1.165) is 63.7 Å². The molecule has 0 radical (unpaired) electrons. The number of carbonyl (C=O) groups excluding carboxylic acids is 1. The first-order valence-corrected chi connectivity index (χ1v) is 12.8. The molecular formula is C22H31N6NaO3S. The molecule has 5 rings (SSSR count). The molecule has 2 amide bonds. The van der Waals surface area contributed by atoms with Gasteiger partial charge in [0.05, 0.1) is 11.9 Å². The minimum atomic E-state index is -4.10. The van der Waals surface area contributed by atoms with Crippen molar-refractivity contribution in [1.29, 1.82) is 0 Å². The molecule has 1 saturated heterocycles. The van der Waals surface area contributed by atoms with E-state index in [1.807, 2.05) is 0 Å². The van der Waals surface area contributed by atoms with E-state index < -0.39 is 16.2 Å². The molecule has 2 aliphatic carbocycles. The Bertz CT molecular complexity index is 1110. The molecule has 1 aromatic heterocycles. The summed E-state index contributed by atoms with van der Waals surface area (Å²) in [7, 11) is -2.36. The number of likely N-dealkylation sites (tertiary alicyclic amines) is 1. The number of hydrogen-bond acceptors (Lipinski definition) is 5. The van der Waals surface area contributed by atoms with Crippen molar-refractivity contribution in [1.82, 2.24) is 19.4 Å². The van der Waals surface area contributed by atoms with Gasteiger partial charge in [0.1, 0.15) is 0 Å². The van der Waals surface area contributed by atoms with Crippen molar-refractivity contribution in [3.8, 4) is 0 Å². The molecule has 2 N–H and O–H groups in total. The van der Waals surface area contributed by atoms with Crippen LogP contribution >= 0.6 is 0 Å². The average Bonchev–Trinajstić information content (AvgIpc) is 3.43. The van der Waals surface area contributed by atoms with Crippen LogP contribution in [0, 0.1) is 0 Å². The van der Waals surface area contributed by atoms with Gasteiger partial charge in [0, 0.05) is 32.0 Å². The number of benzene rings is 1. The summed E-state index contributed by atoms with van der Waals surface area (Å²) in [5.74, 6) is 0. The Balaban J connectivity index is 0.00000259. The number of anilines is 2. The van der Waals surface area contributed by atoms with E-state index in [0.29, 0.717) is 12.2 Å². The van der Waals surface area contributed by atoms with Crippen molar-refractivity contribution in [3.05, 3.63) is 40.7 Å². The van der Waals surface area contributed by atoms with Crippen molar-refractivity contribution < 1.29 is 13.2 Å². The Kier molecular flexibility index (Phi) is 7.40. The molecule has 2 heterocycles. The summed E-state index contributed by atoms with van der Waals surface area (Å²) < 4.78 is 31.5. The first-order chi connectivity index (χ1) is 15.4. The Morgan fingerprint density at radius 1 is 1.09 bits per heavy atom. The number of nitrogens with zero attached hydrogens (tertiary/aromatic N) is 4. The van der Waals surface area contributed by atoms with Gasteiger partial charge in [-0.15, -0.1) is 0 Å². The molecule has 1 aromatic carbocycles. The summed E-state index contributed by atoms with van der Waals surface area (Å²) in [5, 5.41) is 7.02. The molecule has 0 unspecified atom stereocenters. The molecule has 174 valence electrons. The second-order valence-electron chi connectivity index (χ2n) is 8.93. The number of nitrogens with one attached hydrogen (secondary N) is 2. The minimum absolute atomic E-state index is 0. The van der Waals surface area contributed by atoms with Crippen LogP contribution in [-0.4, -0.2) is 84.9 Å². The van der Waals surface area contributed by atoms with Crippen LogP contribution < -0.4 is 14.3 Å². The van der Waals surface area contributed by atoms with E-state index in [9.17, 15) is 13.2 Å². The fourth-order valence-electron chi connectivity index (χ4n) is 5.04. The van der Waals surface area contributed by atoms with Gasteiger partial charge in [0.25, 0.3) is 0 Å². The molecule has 0 bridgehead atoms. The van der Waals surface area contributed by atoms with Gasteiger partial charge in [-0.05, 0) is 80.3 Å². The normalized spacial score (nSPS) is 17.0. The van der Waals surface area contributed by atoms with Crippen LogP contribution in [0.2, 0.25) is 0 Å². The molecule has 0 saturated carbocycles. The third-order valence-electron chi connectivity index (χ3n) is 6.77. The summed E-state index contributed by atoms with van der Waals surface area (Å²) in [6.45, 7) is 2.81. The number of hydrogen-bond donors (Lipinski definition) is 2. The second kappa shape index (κ2) is 9.95. The Morgan fingerprint density at radius 3 is 2.30 bits per heavy atom. The third kappa shape index (κ3) is 5.09. The molecule has 2 aromatic rings. The maximum atomic E-state index is 13.2. The Hall–Kier alpha value is -1.59. The van der Waals surface area contributed by atoms with Crippen LogP contribution in [0.25, 0.3) is 0 Å². The van der Waals surface area contributed by atoms with Crippen molar-refractivity contribution in [2.75, 3.05) is 35.8 Å². The Labute approximate surface area is 217 Å². The van der Waals surface area contributed by atoms with E-state index in [4.69, 9.17) is 0 Å². The number of amides is 2. The number of aromatic nitrogens is 2. The van der Waals surface area contributed by atoms with Gasteiger partial charge in [0.15, 0.2) is 0 Å². The molecule has 11 heteroatoms. The predicted molar refractivity (Wildman–Crippen MR) is 130 cm³/mol. The number of rotatable bonds is 7. The zero-order valence-corrected chi connectivity index (χ0v) is 19.2. The van der Waals surface area contributed by atoms with Gasteiger partial charge in [-0.25, -0.2) is 13.8 Å². The molecule has 1 fully saturated rings. The van der Waals surface area contributed by atoms with Crippen LogP contribution in [-0.2, 0) is 42.9 Å². The molecule has 3 aliphatic rings. The Morgan fingerprint density at radius 2 is 1.76 bits per heavy atom. The average molecular weight is 483 g/mol. The zero-order valence-electron chi connectivity index (χ0n) is 18.4. The SMILES string of the molecule is Cn1cc(N(CCN2CCC2)S(=O)(=O)NC(=O)Nc2c3c(cc4c2CCC4)CCC3)cn1.[NaH]. The van der Waals surface area contributed by atoms with E-state index in [-0.39, 0.29) is 36.1 Å². The topological polar surface area (TPSA) is 99.6 Å². The molecular weight excluding hydrogens is 451 g/mol. The summed E-state index contributed by atoms with van der Waals surface area (Å²) in [5.41, 5.74) is 6.18. The summed E-state index contributed by atoms with van der Waals surface area (Å²) >= 11 is 0. The summed E-state index contributed by atoms with van der Waals surface area (Å²) in [6, 6.07) is 1.57. The number of carbonyl (C=O) groups is 1. The first-order valence-electron chi connectivity index (χ1n) is 11.4. The van der Waals surface area contributed by atoms with Crippen LogP contribution in [0.3, 0.4) is 0 Å². The second-order valence-corrected chi connectivity index (χ2v) is 10.5. The number of fused-ring (bicyclic) bond motifs is 2. The standard InChI is InChI=1S/C22H30N6O3S.Na.H/c1-26-15-18(14-23-26)28(12-11-27-9-4-10-27)32(30,31)25-22(29)24-21-19-7-2-5-16(19)13-17-6-3-8-20(17)21;;/h13-15H,2-12H2,1H3,(H2,24,25,29);;. The fraction of sp³-hybridized carbons (Fsp3) is 0.545. The molecule has 0 spiro atoms. The fourth-order valence-corrected chi connectivity index (χ4v) is 6.13. The van der Waals surface area contributed by atoms with E-state index >= 15 is 0 Å². The quantitative estimate of drug-likeness (QED) is 0.580. The summed E-state index contributed by atoms with van der Waals surface area (Å²) in [4.78, 5) is 15.1. The monoisotopic (exact) mass is 482 g/mol. The molecule has 33 heavy (non-hydrogen) atoms. The van der Waals surface area contributed by atoms with Gasteiger partial charge in [-0.1, -0.05) is 6.07 Å². The van der Waals surface area contributed by atoms with Crippen molar-refractivity contribution in [2.24, 2.45) is 7.05 Å². The van der Waals surface area contributed by atoms with Crippen molar-refractivity contribution >= 4 is 57.2 Å². The molecule has 9 nitrogen and oxygen atoms in total. The first kappa shape index (κ1) is 24.5. The van der Waals surface area contributed by atoms with Crippen LogP contribution in [0.1, 0.15) is 41.5 Å². The van der Waals surface area contributed by atoms with Crippen LogP contribution in [0.4, 0.5) is 16.2 Å². The van der Waals surface area contributed by atoms with Crippen LogP contribution in [0.15, 0.2) is 18.5 Å². The van der Waals surface area contributed by atoms with Crippen LogP contribution in [0.5, 0.6) is 0 Å². The summed E-state index contributed by atoms with van der Waals surface area (Å²) in [6.07, 6.45) is 10.3. The van der Waals surface area contributed by atoms with Crippen molar-refractivity contribution in [2.45, 2.75) is 44.9 Å². The van der Waals surface area contributed by atoms with Gasteiger partial charge >= 0.3 is 45.8 Å². The number of urea groups is 1. The maximum absolute atomic E-state index is 13.2. The van der Waals surface area contributed by atoms with Gasteiger partial charge in [-0.3, -0.25) is 4.68 Å². The van der Waals surface area contributed by atoms with E-state index in [1.54, 1.807) is 17.9 Å². The zero-order chi connectivity index (χ0) is 22.3. The van der Waals surface area contributed by atoms with Gasteiger partial charge in [-0.2, -0.15) is 13.5 Å². The molecule has 1 aliphatic heterocycles. The molecule has 0 atom stereocenters. The number of aryl methyl sites for hydroxylation is 3. The van der Waals surface area contributed by atoms with Crippen molar-refractivity contribution in [3.63, 3.8) is 0 Å². The predicted octanol–water partition coefficient (Wildman–Crippen LogP) is 1.33. The third-order valence-corrected chi connectivity index (χ3v) is 8.19.